The zero-order chi connectivity index (χ0) is 21.5. The minimum Gasteiger partial charge on any atom is -0.460 e. The Bertz CT molecular complexity index is 910. The van der Waals surface area contributed by atoms with E-state index in [1.807, 2.05) is 0 Å². The zero-order valence-corrected chi connectivity index (χ0v) is 17.7. The number of Topliss-reactive ketones (excluding diaryl/α,β-unsaturated/α-hetero) is 1. The Kier molecular flexibility index (Phi) is 5.62. The van der Waals surface area contributed by atoms with Gasteiger partial charge in [0.1, 0.15) is 18.2 Å². The van der Waals surface area contributed by atoms with E-state index in [0.29, 0.717) is 30.7 Å². The third-order valence-electron chi connectivity index (χ3n) is 6.24. The topological polar surface area (TPSA) is 65.0 Å². The van der Waals surface area contributed by atoms with Crippen LogP contribution in [0.4, 0.5) is 4.39 Å². The molecule has 1 saturated heterocycles. The largest absolute Gasteiger partial charge is 0.460 e. The van der Waals surface area contributed by atoms with E-state index in [2.05, 4.69) is 13.8 Å². The minimum atomic E-state index is -0.516. The van der Waals surface area contributed by atoms with E-state index >= 15 is 0 Å². The van der Waals surface area contributed by atoms with Crippen LogP contribution < -0.4 is 0 Å². The number of carbonyl (C=O) groups excluding carboxylic acids is 2. The van der Waals surface area contributed by atoms with Gasteiger partial charge in [-0.1, -0.05) is 26.0 Å². The molecule has 30 heavy (non-hydrogen) atoms. The number of rotatable bonds is 4. The van der Waals surface area contributed by atoms with Crippen molar-refractivity contribution in [1.29, 1.82) is 0 Å². The number of halogens is 1. The lowest BCUT2D eigenvalue weighted by molar-refractivity contribution is -0.142. The second kappa shape index (κ2) is 8.06. The van der Waals surface area contributed by atoms with Gasteiger partial charge in [0, 0.05) is 30.4 Å². The first-order valence-corrected chi connectivity index (χ1v) is 10.6. The van der Waals surface area contributed by atoms with Gasteiger partial charge in [0.25, 0.3) is 0 Å². The summed E-state index contributed by atoms with van der Waals surface area (Å²) in [6.07, 6.45) is 2.86. The maximum absolute atomic E-state index is 13.6. The van der Waals surface area contributed by atoms with E-state index in [1.54, 1.807) is 19.1 Å². The summed E-state index contributed by atoms with van der Waals surface area (Å²) in [5.41, 5.74) is 2.32. The highest BCUT2D eigenvalue weighted by Gasteiger charge is 2.47. The van der Waals surface area contributed by atoms with Crippen LogP contribution in [0.15, 0.2) is 40.5 Å². The van der Waals surface area contributed by atoms with Gasteiger partial charge in [-0.05, 0) is 49.3 Å². The highest BCUT2D eigenvalue weighted by molar-refractivity contribution is 6.12. The van der Waals surface area contributed by atoms with Gasteiger partial charge >= 0.3 is 5.97 Å². The van der Waals surface area contributed by atoms with Crippen molar-refractivity contribution in [3.05, 3.63) is 46.9 Å². The van der Waals surface area contributed by atoms with Crippen molar-refractivity contribution in [3.8, 4) is 0 Å². The van der Waals surface area contributed by atoms with Crippen molar-refractivity contribution in [2.75, 3.05) is 13.2 Å². The Morgan fingerprint density at radius 1 is 1.23 bits per heavy atom. The van der Waals surface area contributed by atoms with Crippen LogP contribution in [0.3, 0.4) is 0 Å². The normalized spacial score (nSPS) is 28.2. The molecule has 160 valence electrons. The standard InChI is InChI=1S/C24H28FNO4/c1-14-20(23(28)30-13-17-5-4-10-29-17)21(15-6-8-16(25)9-7-15)22-18(26-14)11-24(2,3)12-19(22)27/h6-9,17,21-22H,4-5,10-13H2,1-3H3/t17-,21+,22-/m0/s1. The van der Waals surface area contributed by atoms with Crippen LogP contribution >= 0.6 is 0 Å². The van der Waals surface area contributed by atoms with Crippen LogP contribution in [0, 0.1) is 17.2 Å². The number of benzene rings is 1. The molecule has 4 rings (SSSR count). The molecular weight excluding hydrogens is 385 g/mol. The fourth-order valence-corrected chi connectivity index (χ4v) is 4.91. The highest BCUT2D eigenvalue weighted by atomic mass is 19.1. The van der Waals surface area contributed by atoms with Crippen molar-refractivity contribution >= 4 is 17.5 Å². The maximum Gasteiger partial charge on any atom is 0.336 e. The SMILES string of the molecule is CC1=C(C(=O)OC[C@@H]2CCCO2)[C@@H](c2ccc(F)cc2)[C@@H]2C(=O)CC(C)(C)CC2=N1. The third kappa shape index (κ3) is 4.10. The Balaban J connectivity index is 1.71. The van der Waals surface area contributed by atoms with E-state index in [4.69, 9.17) is 14.5 Å². The average molecular weight is 413 g/mol. The molecule has 2 heterocycles. The molecule has 1 aromatic rings. The molecule has 2 aliphatic heterocycles. The number of esters is 1. The molecule has 0 amide bonds. The predicted molar refractivity (Wildman–Crippen MR) is 111 cm³/mol. The maximum atomic E-state index is 13.6. The summed E-state index contributed by atoms with van der Waals surface area (Å²) < 4.78 is 24.7. The molecule has 0 aromatic heterocycles. The van der Waals surface area contributed by atoms with Crippen LogP contribution in [0.1, 0.15) is 57.9 Å². The summed E-state index contributed by atoms with van der Waals surface area (Å²) in [5.74, 6) is -1.80. The highest BCUT2D eigenvalue weighted by Crippen LogP contribution is 2.47. The fraction of sp³-hybridized carbons (Fsp3) is 0.542. The number of fused-ring (bicyclic) bond motifs is 1. The van der Waals surface area contributed by atoms with Crippen LogP contribution in [0.25, 0.3) is 0 Å². The van der Waals surface area contributed by atoms with E-state index in [-0.39, 0.29) is 29.7 Å². The van der Waals surface area contributed by atoms with Gasteiger partial charge in [0.05, 0.1) is 17.6 Å². The number of hydrogen-bond donors (Lipinski definition) is 0. The number of allylic oxidation sites excluding steroid dienone is 1. The molecule has 1 aliphatic carbocycles. The molecule has 1 saturated carbocycles. The summed E-state index contributed by atoms with van der Waals surface area (Å²) in [7, 11) is 0. The van der Waals surface area contributed by atoms with Crippen molar-refractivity contribution in [2.45, 2.75) is 58.5 Å². The van der Waals surface area contributed by atoms with Gasteiger partial charge in [-0.3, -0.25) is 9.79 Å². The minimum absolute atomic E-state index is 0.0660. The summed E-state index contributed by atoms with van der Waals surface area (Å²) >= 11 is 0. The molecule has 0 bridgehead atoms. The Morgan fingerprint density at radius 3 is 2.63 bits per heavy atom. The monoisotopic (exact) mass is 413 g/mol. The number of ether oxygens (including phenoxy) is 2. The van der Waals surface area contributed by atoms with E-state index < -0.39 is 17.8 Å². The van der Waals surface area contributed by atoms with Gasteiger partial charge in [0.15, 0.2) is 0 Å². The van der Waals surface area contributed by atoms with Crippen LogP contribution in [0.5, 0.6) is 0 Å². The number of aliphatic imine (C=N–C) groups is 1. The molecule has 3 aliphatic rings. The summed E-state index contributed by atoms with van der Waals surface area (Å²) in [5, 5.41) is 0. The van der Waals surface area contributed by atoms with Crippen LogP contribution in [0.2, 0.25) is 0 Å². The van der Waals surface area contributed by atoms with Gasteiger partial charge in [-0.2, -0.15) is 0 Å². The predicted octanol–water partition coefficient (Wildman–Crippen LogP) is 4.37. The number of ketones is 1. The summed E-state index contributed by atoms with van der Waals surface area (Å²) in [6, 6.07) is 6.03. The van der Waals surface area contributed by atoms with Gasteiger partial charge in [-0.25, -0.2) is 9.18 Å². The van der Waals surface area contributed by atoms with E-state index in [0.717, 1.165) is 24.1 Å². The van der Waals surface area contributed by atoms with Gasteiger partial charge < -0.3 is 9.47 Å². The number of hydrogen-bond acceptors (Lipinski definition) is 5. The molecule has 0 unspecified atom stereocenters. The van der Waals surface area contributed by atoms with Gasteiger partial charge in [-0.15, -0.1) is 0 Å². The average Bonchev–Trinajstić information content (AvgIpc) is 3.18. The first kappa shape index (κ1) is 20.9. The van der Waals surface area contributed by atoms with Gasteiger partial charge in [0.2, 0.25) is 0 Å². The fourth-order valence-electron chi connectivity index (χ4n) is 4.91. The van der Waals surface area contributed by atoms with Crippen LogP contribution in [-0.4, -0.2) is 36.8 Å². The molecule has 5 nitrogen and oxygen atoms in total. The van der Waals surface area contributed by atoms with Crippen LogP contribution in [-0.2, 0) is 19.1 Å². The van der Waals surface area contributed by atoms with E-state index in [9.17, 15) is 14.0 Å². The quantitative estimate of drug-likeness (QED) is 0.688. The van der Waals surface area contributed by atoms with E-state index in [1.165, 1.54) is 12.1 Å². The number of carbonyl (C=O) groups is 2. The lowest BCUT2D eigenvalue weighted by Gasteiger charge is -2.41. The number of nitrogens with zero attached hydrogens (tertiary/aromatic N) is 1. The van der Waals surface area contributed by atoms with Crippen molar-refractivity contribution in [3.63, 3.8) is 0 Å². The second-order valence-electron chi connectivity index (χ2n) is 9.33. The lowest BCUT2D eigenvalue weighted by atomic mass is 9.63. The lowest BCUT2D eigenvalue weighted by Crippen LogP contribution is -2.44. The van der Waals surface area contributed by atoms with Crippen molar-refractivity contribution in [2.24, 2.45) is 16.3 Å². The molecule has 0 radical (unpaired) electrons. The Morgan fingerprint density at radius 2 is 1.97 bits per heavy atom. The first-order valence-electron chi connectivity index (χ1n) is 10.6. The molecule has 0 spiro atoms. The second-order valence-corrected chi connectivity index (χ2v) is 9.33. The van der Waals surface area contributed by atoms with Crippen molar-refractivity contribution < 1.29 is 23.5 Å². The Labute approximate surface area is 176 Å². The first-order chi connectivity index (χ1) is 14.2. The molecule has 3 atom stereocenters. The molecule has 1 aromatic carbocycles. The summed E-state index contributed by atoms with van der Waals surface area (Å²) in [6.45, 7) is 6.77. The molecule has 6 heteroatoms. The zero-order valence-electron chi connectivity index (χ0n) is 17.7. The molecule has 2 fully saturated rings. The Hall–Kier alpha value is -2.34. The molecule has 0 N–H and O–H groups in total. The van der Waals surface area contributed by atoms with Crippen molar-refractivity contribution in [1.82, 2.24) is 0 Å². The smallest absolute Gasteiger partial charge is 0.336 e. The third-order valence-corrected chi connectivity index (χ3v) is 6.24. The molecular formula is C24H28FNO4. The summed E-state index contributed by atoms with van der Waals surface area (Å²) in [4.78, 5) is 31.0.